The summed E-state index contributed by atoms with van der Waals surface area (Å²) in [6, 6.07) is 3.25. The minimum atomic E-state index is -0.399. The molecule has 0 amide bonds. The molecule has 0 spiro atoms. The molecular weight excluding hydrogens is 266 g/mol. The van der Waals surface area contributed by atoms with Crippen molar-refractivity contribution in [1.29, 1.82) is 0 Å². The summed E-state index contributed by atoms with van der Waals surface area (Å²) in [5.41, 5.74) is 0.846. The Morgan fingerprint density at radius 2 is 2.32 bits per heavy atom. The van der Waals surface area contributed by atoms with Crippen molar-refractivity contribution in [3.8, 4) is 0 Å². The van der Waals surface area contributed by atoms with Crippen LogP contribution in [0.1, 0.15) is 17.8 Å². The summed E-state index contributed by atoms with van der Waals surface area (Å²) in [5, 5.41) is 24.5. The van der Waals surface area contributed by atoms with Crippen molar-refractivity contribution in [3.05, 3.63) is 27.3 Å². The molecule has 0 aliphatic heterocycles. The van der Waals surface area contributed by atoms with Crippen molar-refractivity contribution in [2.24, 2.45) is 0 Å². The van der Waals surface area contributed by atoms with Crippen LogP contribution in [0, 0.1) is 17.0 Å². The highest BCUT2D eigenvalue weighted by molar-refractivity contribution is 7.18. The Balaban J connectivity index is 2.09. The van der Waals surface area contributed by atoms with E-state index in [9.17, 15) is 15.2 Å². The molecule has 100 valence electrons. The zero-order chi connectivity index (χ0) is 13.6. The predicted octanol–water partition coefficient (Wildman–Crippen LogP) is 2.45. The largest absolute Gasteiger partial charge is 0.394 e. The second-order valence-electron chi connectivity index (χ2n) is 4.89. The topological polar surface area (TPSA) is 88.3 Å². The Kier molecular flexibility index (Phi) is 2.68. The fourth-order valence-corrected chi connectivity index (χ4v) is 2.93. The number of thiazole rings is 1. The molecule has 1 saturated carbocycles. The lowest BCUT2D eigenvalue weighted by atomic mass is 10.2. The first-order chi connectivity index (χ1) is 9.03. The van der Waals surface area contributed by atoms with Gasteiger partial charge in [0.25, 0.3) is 5.69 Å². The van der Waals surface area contributed by atoms with Crippen molar-refractivity contribution in [2.45, 2.75) is 25.3 Å². The molecule has 6 nitrogen and oxygen atoms in total. The summed E-state index contributed by atoms with van der Waals surface area (Å²) in [4.78, 5) is 15.1. The number of hydrogen-bond acceptors (Lipinski definition) is 6. The predicted molar refractivity (Wildman–Crippen MR) is 73.7 cm³/mol. The number of rotatable bonds is 4. The number of aromatic nitrogens is 1. The van der Waals surface area contributed by atoms with Crippen LogP contribution in [0.2, 0.25) is 0 Å². The molecule has 0 bridgehead atoms. The molecule has 3 rings (SSSR count). The summed E-state index contributed by atoms with van der Waals surface area (Å²) in [6.45, 7) is 1.86. The normalized spacial score (nSPS) is 16.5. The van der Waals surface area contributed by atoms with E-state index in [0.717, 1.165) is 28.1 Å². The Hall–Kier alpha value is -1.73. The van der Waals surface area contributed by atoms with E-state index in [-0.39, 0.29) is 17.8 Å². The number of nitro benzene ring substituents is 1. The van der Waals surface area contributed by atoms with E-state index >= 15 is 0 Å². The summed E-state index contributed by atoms with van der Waals surface area (Å²) in [6.07, 6.45) is 1.66. The molecule has 7 heteroatoms. The van der Waals surface area contributed by atoms with Crippen LogP contribution in [0.25, 0.3) is 10.2 Å². The smallest absolute Gasteiger partial charge is 0.293 e. The minimum absolute atomic E-state index is 0.0156. The number of fused-ring (bicyclic) bond motifs is 1. The zero-order valence-electron chi connectivity index (χ0n) is 10.3. The second-order valence-corrected chi connectivity index (χ2v) is 6.13. The SMILES string of the molecule is Cc1nc2cc(NC3(CO)CC3)c([N+](=O)[O-])cc2s1. The third kappa shape index (κ3) is 2.15. The maximum atomic E-state index is 11.2. The average Bonchev–Trinajstić information content (AvgIpc) is 3.03. The number of nitro groups is 1. The first kappa shape index (κ1) is 12.3. The lowest BCUT2D eigenvalue weighted by Gasteiger charge is -2.15. The number of benzene rings is 1. The van der Waals surface area contributed by atoms with Gasteiger partial charge in [0.1, 0.15) is 5.69 Å². The summed E-state index contributed by atoms with van der Waals surface area (Å²) < 4.78 is 0.809. The van der Waals surface area contributed by atoms with Crippen molar-refractivity contribution in [1.82, 2.24) is 4.98 Å². The van der Waals surface area contributed by atoms with Gasteiger partial charge in [0, 0.05) is 6.07 Å². The number of nitrogens with zero attached hydrogens (tertiary/aromatic N) is 2. The van der Waals surface area contributed by atoms with Gasteiger partial charge in [-0.2, -0.15) is 0 Å². The zero-order valence-corrected chi connectivity index (χ0v) is 11.2. The van der Waals surface area contributed by atoms with Crippen LogP contribution in [0.4, 0.5) is 11.4 Å². The first-order valence-electron chi connectivity index (χ1n) is 5.98. The molecule has 1 aromatic carbocycles. The number of anilines is 1. The molecule has 19 heavy (non-hydrogen) atoms. The third-order valence-corrected chi connectivity index (χ3v) is 4.30. The van der Waals surface area contributed by atoms with Crippen molar-refractivity contribution >= 4 is 32.9 Å². The van der Waals surface area contributed by atoms with E-state index in [1.165, 1.54) is 11.3 Å². The molecule has 2 aromatic rings. The second kappa shape index (κ2) is 4.14. The van der Waals surface area contributed by atoms with Crippen LogP contribution in [-0.2, 0) is 0 Å². The molecular formula is C12H13N3O3S. The van der Waals surface area contributed by atoms with Gasteiger partial charge in [-0.1, -0.05) is 0 Å². The highest BCUT2D eigenvalue weighted by Gasteiger charge is 2.43. The monoisotopic (exact) mass is 279 g/mol. The molecule has 0 radical (unpaired) electrons. The molecule has 1 fully saturated rings. The maximum Gasteiger partial charge on any atom is 0.293 e. The Morgan fingerprint density at radius 3 is 2.89 bits per heavy atom. The third-order valence-electron chi connectivity index (χ3n) is 3.37. The maximum absolute atomic E-state index is 11.2. The number of aliphatic hydroxyl groups excluding tert-OH is 1. The lowest BCUT2D eigenvalue weighted by molar-refractivity contribution is -0.383. The van der Waals surface area contributed by atoms with Crippen LogP contribution in [-0.4, -0.2) is 27.2 Å². The Bertz CT molecular complexity index is 664. The first-order valence-corrected chi connectivity index (χ1v) is 6.79. The lowest BCUT2D eigenvalue weighted by Crippen LogP contribution is -2.25. The number of aliphatic hydroxyl groups is 1. The van der Waals surface area contributed by atoms with E-state index < -0.39 is 4.92 Å². The van der Waals surface area contributed by atoms with Crippen molar-refractivity contribution < 1.29 is 10.0 Å². The van der Waals surface area contributed by atoms with Crippen LogP contribution < -0.4 is 5.32 Å². The highest BCUT2D eigenvalue weighted by atomic mass is 32.1. The van der Waals surface area contributed by atoms with Gasteiger partial charge in [0.15, 0.2) is 0 Å². The van der Waals surface area contributed by atoms with E-state index in [0.29, 0.717) is 5.69 Å². The highest BCUT2D eigenvalue weighted by Crippen LogP contribution is 2.42. The van der Waals surface area contributed by atoms with Gasteiger partial charge in [-0.3, -0.25) is 10.1 Å². The number of nitrogens with one attached hydrogen (secondary N) is 1. The standard InChI is InChI=1S/C12H13N3O3S/c1-7-13-9-4-8(14-12(6-16)2-3-12)10(15(17)18)5-11(9)19-7/h4-5,14,16H,2-3,6H2,1H3. The Morgan fingerprint density at radius 1 is 1.58 bits per heavy atom. The van der Waals surface area contributed by atoms with E-state index in [1.54, 1.807) is 12.1 Å². The fourth-order valence-electron chi connectivity index (χ4n) is 2.09. The number of hydrogen-bond donors (Lipinski definition) is 2. The van der Waals surface area contributed by atoms with Crippen LogP contribution >= 0.6 is 11.3 Å². The van der Waals surface area contributed by atoms with E-state index in [2.05, 4.69) is 10.3 Å². The van der Waals surface area contributed by atoms with Gasteiger partial charge in [-0.05, 0) is 25.8 Å². The fraction of sp³-hybridized carbons (Fsp3) is 0.417. The summed E-state index contributed by atoms with van der Waals surface area (Å²) in [5.74, 6) is 0. The van der Waals surface area contributed by atoms with Gasteiger partial charge in [-0.15, -0.1) is 11.3 Å². The molecule has 0 saturated heterocycles. The molecule has 0 atom stereocenters. The Labute approximate surface area is 113 Å². The number of aryl methyl sites for hydroxylation is 1. The molecule has 1 aliphatic carbocycles. The van der Waals surface area contributed by atoms with Gasteiger partial charge in [0.2, 0.25) is 0 Å². The molecule has 1 aliphatic rings. The minimum Gasteiger partial charge on any atom is -0.394 e. The van der Waals surface area contributed by atoms with E-state index in [4.69, 9.17) is 0 Å². The molecule has 1 heterocycles. The van der Waals surface area contributed by atoms with Gasteiger partial charge < -0.3 is 10.4 Å². The van der Waals surface area contributed by atoms with Crippen molar-refractivity contribution in [2.75, 3.05) is 11.9 Å². The van der Waals surface area contributed by atoms with E-state index in [1.807, 2.05) is 6.92 Å². The van der Waals surface area contributed by atoms with Crippen LogP contribution in [0.3, 0.4) is 0 Å². The quantitative estimate of drug-likeness (QED) is 0.663. The van der Waals surface area contributed by atoms with Crippen LogP contribution in [0.15, 0.2) is 12.1 Å². The summed E-state index contributed by atoms with van der Waals surface area (Å²) in [7, 11) is 0. The molecule has 1 aromatic heterocycles. The van der Waals surface area contributed by atoms with Crippen molar-refractivity contribution in [3.63, 3.8) is 0 Å². The van der Waals surface area contributed by atoms with Gasteiger partial charge >= 0.3 is 0 Å². The van der Waals surface area contributed by atoms with Gasteiger partial charge in [0.05, 0.1) is 32.3 Å². The summed E-state index contributed by atoms with van der Waals surface area (Å²) >= 11 is 1.44. The average molecular weight is 279 g/mol. The molecule has 2 N–H and O–H groups in total. The van der Waals surface area contributed by atoms with Gasteiger partial charge in [-0.25, -0.2) is 4.98 Å². The molecule has 0 unspecified atom stereocenters. The van der Waals surface area contributed by atoms with Crippen LogP contribution in [0.5, 0.6) is 0 Å².